The molecule has 0 radical (unpaired) electrons. The second-order valence-corrected chi connectivity index (χ2v) is 7.82. The Kier molecular flexibility index (Phi) is 5.37. The topological polar surface area (TPSA) is 50.7 Å². The summed E-state index contributed by atoms with van der Waals surface area (Å²) in [5.74, 6) is 1.76. The molecule has 144 valence electrons. The molecule has 2 N–H and O–H groups in total. The zero-order valence-corrected chi connectivity index (χ0v) is 16.0. The maximum atomic E-state index is 11.1. The second kappa shape index (κ2) is 7.91. The second-order valence-electron chi connectivity index (χ2n) is 7.82. The summed E-state index contributed by atoms with van der Waals surface area (Å²) < 4.78 is 11.6. The van der Waals surface area contributed by atoms with Crippen molar-refractivity contribution in [2.45, 2.75) is 50.4 Å². The van der Waals surface area contributed by atoms with Gasteiger partial charge in [-0.3, -0.25) is 0 Å². The Labute approximate surface area is 161 Å². The van der Waals surface area contributed by atoms with Crippen LogP contribution in [0.1, 0.15) is 49.3 Å². The molecule has 1 aliphatic carbocycles. The Morgan fingerprint density at radius 2 is 1.93 bits per heavy atom. The molecule has 27 heavy (non-hydrogen) atoms. The lowest BCUT2D eigenvalue weighted by molar-refractivity contribution is -0.0861. The third kappa shape index (κ3) is 3.83. The van der Waals surface area contributed by atoms with Gasteiger partial charge >= 0.3 is 0 Å². The Bertz CT molecular complexity index is 759. The third-order valence-electron chi connectivity index (χ3n) is 6.17. The first kappa shape index (κ1) is 18.3. The van der Waals surface area contributed by atoms with Crippen molar-refractivity contribution >= 4 is 0 Å². The quantitative estimate of drug-likeness (QED) is 0.830. The lowest BCUT2D eigenvalue weighted by Gasteiger charge is -2.48. The summed E-state index contributed by atoms with van der Waals surface area (Å²) in [5.41, 5.74) is 1.78. The number of aliphatic hydroxyl groups is 1. The van der Waals surface area contributed by atoms with E-state index in [1.54, 1.807) is 7.11 Å². The lowest BCUT2D eigenvalue weighted by atomic mass is 9.67. The Morgan fingerprint density at radius 3 is 2.74 bits per heavy atom. The van der Waals surface area contributed by atoms with Crippen LogP contribution in [0.5, 0.6) is 11.5 Å². The van der Waals surface area contributed by atoms with Crippen molar-refractivity contribution in [2.75, 3.05) is 13.7 Å². The summed E-state index contributed by atoms with van der Waals surface area (Å²) in [6.45, 7) is 1.37. The van der Waals surface area contributed by atoms with Gasteiger partial charge in [-0.2, -0.15) is 0 Å². The number of methoxy groups -OCH3 is 1. The first-order valence-corrected chi connectivity index (χ1v) is 10.00. The van der Waals surface area contributed by atoms with E-state index < -0.39 is 5.60 Å². The fourth-order valence-electron chi connectivity index (χ4n) is 4.71. The molecule has 2 aliphatic rings. The molecule has 1 heterocycles. The van der Waals surface area contributed by atoms with Gasteiger partial charge in [0.1, 0.15) is 6.61 Å². The minimum atomic E-state index is -0.524. The van der Waals surface area contributed by atoms with Crippen LogP contribution in [-0.2, 0) is 6.61 Å². The van der Waals surface area contributed by atoms with Gasteiger partial charge in [-0.05, 0) is 49.1 Å². The molecule has 1 aliphatic heterocycles. The predicted octanol–water partition coefficient (Wildman–Crippen LogP) is 4.23. The van der Waals surface area contributed by atoms with Crippen LogP contribution < -0.4 is 14.8 Å². The van der Waals surface area contributed by atoms with E-state index in [1.807, 2.05) is 24.3 Å². The third-order valence-corrected chi connectivity index (χ3v) is 6.17. The van der Waals surface area contributed by atoms with Crippen LogP contribution in [0.15, 0.2) is 48.5 Å². The number of hydrogen-bond acceptors (Lipinski definition) is 4. The van der Waals surface area contributed by atoms with Crippen LogP contribution in [0, 0.1) is 5.92 Å². The van der Waals surface area contributed by atoms with Gasteiger partial charge in [0.2, 0.25) is 0 Å². The van der Waals surface area contributed by atoms with E-state index in [-0.39, 0.29) is 12.0 Å². The molecule has 2 fully saturated rings. The normalized spacial score (nSPS) is 27.6. The van der Waals surface area contributed by atoms with Crippen molar-refractivity contribution in [3.05, 3.63) is 59.7 Å². The molecule has 0 aromatic heterocycles. The van der Waals surface area contributed by atoms with Crippen LogP contribution in [0.2, 0.25) is 0 Å². The standard InChI is InChI=1S/C23H29NO3/c1-26-21-15-18(10-11-20(21)27-16-17-7-3-2-4-8-17)22-19-9-5-6-12-23(19,25)13-14-24-22/h2-4,7-8,10-11,15,19,22,24-25H,5-6,9,12-14,16H2,1H3/t19-,22-,23+/m0/s1. The van der Waals surface area contributed by atoms with E-state index in [0.29, 0.717) is 6.61 Å². The maximum Gasteiger partial charge on any atom is 0.161 e. The van der Waals surface area contributed by atoms with Crippen LogP contribution in [0.3, 0.4) is 0 Å². The molecule has 0 bridgehead atoms. The Morgan fingerprint density at radius 1 is 1.07 bits per heavy atom. The molecule has 4 rings (SSSR count). The van der Waals surface area contributed by atoms with Crippen molar-refractivity contribution in [3.63, 3.8) is 0 Å². The van der Waals surface area contributed by atoms with Crippen molar-refractivity contribution in [1.82, 2.24) is 5.32 Å². The highest BCUT2D eigenvalue weighted by Crippen LogP contribution is 2.46. The van der Waals surface area contributed by atoms with Crippen LogP contribution in [-0.4, -0.2) is 24.4 Å². The van der Waals surface area contributed by atoms with Gasteiger partial charge in [0, 0.05) is 12.0 Å². The average molecular weight is 367 g/mol. The van der Waals surface area contributed by atoms with E-state index >= 15 is 0 Å². The summed E-state index contributed by atoms with van der Waals surface area (Å²) >= 11 is 0. The van der Waals surface area contributed by atoms with Gasteiger partial charge in [0.25, 0.3) is 0 Å². The minimum Gasteiger partial charge on any atom is -0.493 e. The smallest absolute Gasteiger partial charge is 0.161 e. The van der Waals surface area contributed by atoms with Crippen molar-refractivity contribution in [2.24, 2.45) is 5.92 Å². The molecule has 0 unspecified atom stereocenters. The molecule has 0 amide bonds. The molecule has 1 saturated heterocycles. The maximum absolute atomic E-state index is 11.1. The van der Waals surface area contributed by atoms with Crippen LogP contribution in [0.4, 0.5) is 0 Å². The molecule has 3 atom stereocenters. The molecule has 4 nitrogen and oxygen atoms in total. The number of ether oxygens (including phenoxy) is 2. The Balaban J connectivity index is 1.53. The number of fused-ring (bicyclic) bond motifs is 1. The number of rotatable bonds is 5. The fraction of sp³-hybridized carbons (Fsp3) is 0.478. The van der Waals surface area contributed by atoms with Crippen LogP contribution in [0.25, 0.3) is 0 Å². The summed E-state index contributed by atoms with van der Waals surface area (Å²) in [5, 5.41) is 14.8. The number of benzene rings is 2. The van der Waals surface area contributed by atoms with Crippen molar-refractivity contribution in [1.29, 1.82) is 0 Å². The monoisotopic (exact) mass is 367 g/mol. The zero-order valence-electron chi connectivity index (χ0n) is 16.0. The van der Waals surface area contributed by atoms with Crippen molar-refractivity contribution < 1.29 is 14.6 Å². The van der Waals surface area contributed by atoms with E-state index in [2.05, 4.69) is 29.6 Å². The highest BCUT2D eigenvalue weighted by atomic mass is 16.5. The number of piperidine rings is 1. The molecular weight excluding hydrogens is 338 g/mol. The van der Waals surface area contributed by atoms with Gasteiger partial charge in [-0.1, -0.05) is 49.2 Å². The molecule has 1 saturated carbocycles. The average Bonchev–Trinajstić information content (AvgIpc) is 2.72. The molecular formula is C23H29NO3. The fourth-order valence-corrected chi connectivity index (χ4v) is 4.71. The summed E-state index contributed by atoms with van der Waals surface area (Å²) in [7, 11) is 1.68. The first-order chi connectivity index (χ1) is 13.2. The summed E-state index contributed by atoms with van der Waals surface area (Å²) in [6, 6.07) is 16.5. The summed E-state index contributed by atoms with van der Waals surface area (Å²) in [4.78, 5) is 0. The first-order valence-electron chi connectivity index (χ1n) is 10.00. The van der Waals surface area contributed by atoms with E-state index in [9.17, 15) is 5.11 Å². The molecule has 4 heteroatoms. The highest BCUT2D eigenvalue weighted by molar-refractivity contribution is 5.44. The van der Waals surface area contributed by atoms with E-state index in [1.165, 1.54) is 12.0 Å². The predicted molar refractivity (Wildman–Crippen MR) is 106 cm³/mol. The van der Waals surface area contributed by atoms with Gasteiger partial charge in [-0.25, -0.2) is 0 Å². The van der Waals surface area contributed by atoms with E-state index in [4.69, 9.17) is 9.47 Å². The molecule has 2 aromatic carbocycles. The summed E-state index contributed by atoms with van der Waals surface area (Å²) in [6.07, 6.45) is 5.17. The zero-order chi connectivity index (χ0) is 18.7. The number of hydrogen-bond donors (Lipinski definition) is 2. The highest BCUT2D eigenvalue weighted by Gasteiger charge is 2.45. The molecule has 0 spiro atoms. The molecule has 2 aromatic rings. The Hall–Kier alpha value is -2.04. The van der Waals surface area contributed by atoms with Gasteiger partial charge in [-0.15, -0.1) is 0 Å². The van der Waals surface area contributed by atoms with Gasteiger partial charge in [0.15, 0.2) is 11.5 Å². The largest absolute Gasteiger partial charge is 0.493 e. The van der Waals surface area contributed by atoms with Gasteiger partial charge in [0.05, 0.1) is 12.7 Å². The van der Waals surface area contributed by atoms with Crippen LogP contribution >= 0.6 is 0 Å². The van der Waals surface area contributed by atoms with Crippen molar-refractivity contribution in [3.8, 4) is 11.5 Å². The lowest BCUT2D eigenvalue weighted by Crippen LogP contribution is -2.53. The SMILES string of the molecule is COc1cc([C@@H]2NCC[C@]3(O)CCCC[C@@H]23)ccc1OCc1ccccc1. The number of nitrogens with one attached hydrogen (secondary N) is 1. The minimum absolute atomic E-state index is 0.168. The van der Waals surface area contributed by atoms with E-state index in [0.717, 1.165) is 49.3 Å². The van der Waals surface area contributed by atoms with Gasteiger partial charge < -0.3 is 19.9 Å².